The van der Waals surface area contributed by atoms with Gasteiger partial charge in [0, 0.05) is 11.1 Å². The summed E-state index contributed by atoms with van der Waals surface area (Å²) in [4.78, 5) is 21.5. The Morgan fingerprint density at radius 3 is 2.45 bits per heavy atom. The quantitative estimate of drug-likeness (QED) is 0.248. The first-order chi connectivity index (χ1) is 10.2. The van der Waals surface area contributed by atoms with Crippen LogP contribution in [0.2, 0.25) is 10.0 Å². The van der Waals surface area contributed by atoms with E-state index in [2.05, 4.69) is 27.9 Å². The smallest absolute Gasteiger partial charge is 0.321 e. The molecular weight excluding hydrogens is 444 g/mol. The highest BCUT2D eigenvalue weighted by Crippen LogP contribution is 2.31. The molecule has 1 aromatic rings. The summed E-state index contributed by atoms with van der Waals surface area (Å²) in [5.41, 5.74) is 0.770. The van der Waals surface area contributed by atoms with Crippen LogP contribution < -0.4 is 5.32 Å². The number of carboxylic acids is 2. The minimum Gasteiger partial charge on any atom is -0.480 e. The zero-order valence-corrected chi connectivity index (χ0v) is 15.2. The average Bonchev–Trinajstić information content (AvgIpc) is 2.39. The first-order valence-corrected chi connectivity index (χ1v) is 8.09. The number of benzene rings is 1. The number of aliphatic carboxylic acids is 2. The van der Waals surface area contributed by atoms with Crippen LogP contribution in [0.1, 0.15) is 13.3 Å². The van der Waals surface area contributed by atoms with Crippen LogP contribution in [0.3, 0.4) is 0 Å². The zero-order chi connectivity index (χ0) is 16.9. The minimum absolute atomic E-state index is 0.0532. The molecule has 0 radical (unpaired) electrons. The number of hydrogen-bond donors (Lipinski definition) is 3. The summed E-state index contributed by atoms with van der Waals surface area (Å²) in [6.45, 7) is 1.88. The maximum atomic E-state index is 10.7. The molecule has 3 N–H and O–H groups in total. The van der Waals surface area contributed by atoms with Gasteiger partial charge < -0.3 is 15.5 Å². The molecule has 0 saturated carbocycles. The van der Waals surface area contributed by atoms with Gasteiger partial charge in [0.05, 0.1) is 14.3 Å². The van der Waals surface area contributed by atoms with E-state index in [1.807, 2.05) is 6.92 Å². The molecule has 0 spiro atoms. The van der Waals surface area contributed by atoms with Gasteiger partial charge in [-0.2, -0.15) is 0 Å². The number of rotatable bonds is 7. The fraction of sp³-hybridized carbons (Fsp3) is 0.286. The highest BCUT2D eigenvalue weighted by molar-refractivity contribution is 14.1. The lowest BCUT2D eigenvalue weighted by atomic mass is 10.1. The third-order valence-corrected chi connectivity index (χ3v) is 4.74. The lowest BCUT2D eigenvalue weighted by Gasteiger charge is -2.16. The van der Waals surface area contributed by atoms with Crippen LogP contribution >= 0.6 is 45.8 Å². The van der Waals surface area contributed by atoms with Crippen molar-refractivity contribution in [2.45, 2.75) is 19.4 Å². The Balaban J connectivity index is 2.69. The summed E-state index contributed by atoms with van der Waals surface area (Å²) < 4.78 is 0.827. The van der Waals surface area contributed by atoms with Gasteiger partial charge in [0.1, 0.15) is 0 Å². The molecule has 0 amide bonds. The molecule has 0 bridgehead atoms. The van der Waals surface area contributed by atoms with Gasteiger partial charge in [-0.15, -0.1) is 0 Å². The van der Waals surface area contributed by atoms with E-state index in [1.165, 1.54) is 12.2 Å². The summed E-state index contributed by atoms with van der Waals surface area (Å²) in [6, 6.07) is 3.33. The Morgan fingerprint density at radius 2 is 1.91 bits per heavy atom. The van der Waals surface area contributed by atoms with E-state index in [0.717, 1.165) is 9.26 Å². The van der Waals surface area contributed by atoms with E-state index in [4.69, 9.17) is 33.4 Å². The summed E-state index contributed by atoms with van der Waals surface area (Å²) in [5, 5.41) is 21.8. The minimum atomic E-state index is -1.53. The van der Waals surface area contributed by atoms with Gasteiger partial charge in [-0.05, 0) is 48.1 Å². The summed E-state index contributed by atoms with van der Waals surface area (Å²) in [6.07, 6.45) is 3.15. The van der Waals surface area contributed by atoms with Crippen molar-refractivity contribution in [1.82, 2.24) is 0 Å². The van der Waals surface area contributed by atoms with E-state index < -0.39 is 17.9 Å². The molecule has 0 saturated heterocycles. The number of nitrogens with one attached hydrogen (secondary N) is 1. The maximum absolute atomic E-state index is 10.7. The second-order valence-electron chi connectivity index (χ2n) is 4.61. The largest absolute Gasteiger partial charge is 0.480 e. The summed E-state index contributed by atoms with van der Waals surface area (Å²) >= 11 is 14.1. The summed E-state index contributed by atoms with van der Waals surface area (Å²) in [5.74, 6) is -4.31. The highest BCUT2D eigenvalue weighted by Gasteiger charge is 2.22. The second-order valence-corrected chi connectivity index (χ2v) is 6.53. The Morgan fingerprint density at radius 1 is 1.32 bits per heavy atom. The Hall–Kier alpha value is -0.990. The molecule has 1 rings (SSSR count). The van der Waals surface area contributed by atoms with Crippen LogP contribution in [0.15, 0.2) is 24.3 Å². The number of hydrogen-bond acceptors (Lipinski definition) is 3. The monoisotopic (exact) mass is 457 g/mol. The number of halogens is 3. The van der Waals surface area contributed by atoms with Gasteiger partial charge in [-0.3, -0.25) is 9.59 Å². The Bertz CT molecular complexity index is 593. The third-order valence-electron chi connectivity index (χ3n) is 2.75. The van der Waals surface area contributed by atoms with Gasteiger partial charge in [0.25, 0.3) is 0 Å². The van der Waals surface area contributed by atoms with Crippen molar-refractivity contribution >= 4 is 63.4 Å². The van der Waals surface area contributed by atoms with E-state index in [1.54, 1.807) is 12.1 Å². The molecule has 8 heteroatoms. The number of anilines is 1. The SMILES string of the molecule is CC(C/C=C/C(C(=O)O)C(=O)O)Nc1cc(Cl)cc(Cl)c1I. The molecule has 0 aliphatic heterocycles. The molecular formula is C14H14Cl2INO4. The average molecular weight is 458 g/mol. The lowest BCUT2D eigenvalue weighted by molar-refractivity contribution is -0.151. The van der Waals surface area contributed by atoms with Crippen molar-refractivity contribution in [3.8, 4) is 0 Å². The second kappa shape index (κ2) is 8.59. The molecule has 0 aliphatic rings. The van der Waals surface area contributed by atoms with E-state index in [0.29, 0.717) is 16.5 Å². The molecule has 120 valence electrons. The molecule has 22 heavy (non-hydrogen) atoms. The van der Waals surface area contributed by atoms with Crippen molar-refractivity contribution in [3.05, 3.63) is 37.9 Å². The van der Waals surface area contributed by atoms with Gasteiger partial charge >= 0.3 is 11.9 Å². The van der Waals surface area contributed by atoms with Gasteiger partial charge in [-0.1, -0.05) is 35.4 Å². The number of carboxylic acid groups (broad SMARTS) is 2. The van der Waals surface area contributed by atoms with Gasteiger partial charge in [-0.25, -0.2) is 0 Å². The zero-order valence-electron chi connectivity index (χ0n) is 11.5. The van der Waals surface area contributed by atoms with E-state index in [-0.39, 0.29) is 6.04 Å². The molecule has 0 aromatic heterocycles. The fourth-order valence-electron chi connectivity index (χ4n) is 1.67. The van der Waals surface area contributed by atoms with Crippen molar-refractivity contribution in [1.29, 1.82) is 0 Å². The van der Waals surface area contributed by atoms with Crippen LogP contribution in [0.25, 0.3) is 0 Å². The first-order valence-electron chi connectivity index (χ1n) is 6.25. The van der Waals surface area contributed by atoms with Crippen LogP contribution in [0.4, 0.5) is 5.69 Å². The van der Waals surface area contributed by atoms with Crippen LogP contribution in [-0.4, -0.2) is 28.2 Å². The summed E-state index contributed by atoms with van der Waals surface area (Å²) in [7, 11) is 0. The van der Waals surface area contributed by atoms with Crippen LogP contribution in [-0.2, 0) is 9.59 Å². The predicted octanol–water partition coefficient (Wildman–Crippen LogP) is 4.13. The van der Waals surface area contributed by atoms with Crippen LogP contribution in [0, 0.1) is 9.49 Å². The molecule has 1 atom stereocenters. The number of carbonyl (C=O) groups is 2. The molecule has 0 aliphatic carbocycles. The van der Waals surface area contributed by atoms with E-state index >= 15 is 0 Å². The van der Waals surface area contributed by atoms with Crippen molar-refractivity contribution < 1.29 is 19.8 Å². The standard InChI is InChI=1S/C14H14Cl2INO4/c1-7(3-2-4-9(13(19)20)14(21)22)18-11-6-8(15)5-10(16)12(11)17/h2,4-7,9,18H,3H2,1H3,(H,19,20)(H,21,22)/b4-2+. The molecule has 1 unspecified atom stereocenters. The predicted molar refractivity (Wildman–Crippen MR) is 94.8 cm³/mol. The maximum Gasteiger partial charge on any atom is 0.321 e. The normalized spacial score (nSPS) is 12.6. The van der Waals surface area contributed by atoms with Crippen molar-refractivity contribution in [2.24, 2.45) is 5.92 Å². The van der Waals surface area contributed by atoms with Crippen LogP contribution in [0.5, 0.6) is 0 Å². The Labute approximate surface area is 151 Å². The lowest BCUT2D eigenvalue weighted by Crippen LogP contribution is -2.21. The van der Waals surface area contributed by atoms with E-state index in [9.17, 15) is 9.59 Å². The van der Waals surface area contributed by atoms with Crippen molar-refractivity contribution in [3.63, 3.8) is 0 Å². The Kier molecular flexibility index (Phi) is 7.44. The molecule has 1 aromatic carbocycles. The van der Waals surface area contributed by atoms with Gasteiger partial charge in [0.15, 0.2) is 5.92 Å². The third kappa shape index (κ3) is 5.66. The molecule has 5 nitrogen and oxygen atoms in total. The fourth-order valence-corrected chi connectivity index (χ4v) is 2.63. The first kappa shape index (κ1) is 19.1. The highest BCUT2D eigenvalue weighted by atomic mass is 127. The topological polar surface area (TPSA) is 86.6 Å². The molecule has 0 fully saturated rings. The van der Waals surface area contributed by atoms with Gasteiger partial charge in [0.2, 0.25) is 0 Å². The van der Waals surface area contributed by atoms with Crippen molar-refractivity contribution in [2.75, 3.05) is 5.32 Å². The molecule has 0 heterocycles.